The van der Waals surface area contributed by atoms with E-state index in [0.29, 0.717) is 5.56 Å². The molecule has 0 saturated carbocycles. The maximum absolute atomic E-state index is 12.4. The van der Waals surface area contributed by atoms with Gasteiger partial charge in [0, 0.05) is 10.4 Å². The van der Waals surface area contributed by atoms with Crippen LogP contribution in [0.5, 0.6) is 0 Å². The highest BCUT2D eigenvalue weighted by Crippen LogP contribution is 2.19. The van der Waals surface area contributed by atoms with Gasteiger partial charge < -0.3 is 0 Å². The third-order valence-corrected chi connectivity index (χ3v) is 5.06. The molecule has 1 heterocycles. The Kier molecular flexibility index (Phi) is 4.53. The minimum absolute atomic E-state index is 0.187. The predicted molar refractivity (Wildman–Crippen MR) is 97.3 cm³/mol. The number of amides is 1. The van der Waals surface area contributed by atoms with Crippen LogP contribution in [-0.2, 0) is 6.42 Å². The number of fused-ring (bicyclic) bond motifs is 1. The van der Waals surface area contributed by atoms with Crippen LogP contribution in [0.4, 0.5) is 0 Å². The van der Waals surface area contributed by atoms with E-state index >= 15 is 0 Å². The highest BCUT2D eigenvalue weighted by Gasteiger charge is 2.09. The number of carbonyl (C=O) groups is 1. The van der Waals surface area contributed by atoms with Gasteiger partial charge in [-0.25, -0.2) is 5.43 Å². The molecule has 0 spiro atoms. The van der Waals surface area contributed by atoms with Crippen LogP contribution in [0.15, 0.2) is 59.7 Å². The largest absolute Gasteiger partial charge is 0.272 e. The predicted octanol–water partition coefficient (Wildman–Crippen LogP) is 4.62. The standard InChI is InChI=1S/C19H18N2OS/c1-3-15-11-12-18(23-15)13(2)20-21-19(22)17-10-6-8-14-7-4-5-9-16(14)17/h4-12H,3H2,1-2H3,(H,21,22)/b20-13+. The second-order valence-electron chi connectivity index (χ2n) is 5.28. The van der Waals surface area contributed by atoms with E-state index in [9.17, 15) is 4.79 Å². The van der Waals surface area contributed by atoms with Gasteiger partial charge in [-0.2, -0.15) is 5.10 Å². The summed E-state index contributed by atoms with van der Waals surface area (Å²) >= 11 is 1.71. The Morgan fingerprint density at radius 2 is 1.87 bits per heavy atom. The van der Waals surface area contributed by atoms with Crippen LogP contribution in [0, 0.1) is 0 Å². The Balaban J connectivity index is 1.82. The first-order valence-electron chi connectivity index (χ1n) is 7.60. The van der Waals surface area contributed by atoms with Crippen molar-refractivity contribution in [1.29, 1.82) is 0 Å². The zero-order valence-corrected chi connectivity index (χ0v) is 14.0. The first-order valence-corrected chi connectivity index (χ1v) is 8.42. The summed E-state index contributed by atoms with van der Waals surface area (Å²) in [6.45, 7) is 4.04. The third kappa shape index (κ3) is 3.32. The number of benzene rings is 2. The number of nitrogens with one attached hydrogen (secondary N) is 1. The summed E-state index contributed by atoms with van der Waals surface area (Å²) in [4.78, 5) is 14.8. The molecule has 1 N–H and O–H groups in total. The fourth-order valence-electron chi connectivity index (χ4n) is 2.44. The summed E-state index contributed by atoms with van der Waals surface area (Å²) in [7, 11) is 0. The molecule has 0 atom stereocenters. The molecule has 0 aliphatic heterocycles. The molecule has 0 saturated heterocycles. The van der Waals surface area contributed by atoms with Crippen LogP contribution in [0.25, 0.3) is 10.8 Å². The summed E-state index contributed by atoms with van der Waals surface area (Å²) in [6, 6.07) is 17.7. The average Bonchev–Trinajstić information content (AvgIpc) is 3.08. The van der Waals surface area contributed by atoms with Gasteiger partial charge in [-0.05, 0) is 42.3 Å². The zero-order valence-electron chi connectivity index (χ0n) is 13.2. The molecule has 1 amide bonds. The normalized spacial score (nSPS) is 11.7. The number of aryl methyl sites for hydroxylation is 1. The van der Waals surface area contributed by atoms with Crippen LogP contribution in [-0.4, -0.2) is 11.6 Å². The monoisotopic (exact) mass is 322 g/mol. The van der Waals surface area contributed by atoms with E-state index in [1.54, 1.807) is 11.3 Å². The molecule has 1 aromatic heterocycles. The van der Waals surface area contributed by atoms with E-state index < -0.39 is 0 Å². The van der Waals surface area contributed by atoms with Gasteiger partial charge in [0.25, 0.3) is 5.91 Å². The fourth-order valence-corrected chi connectivity index (χ4v) is 3.33. The fraction of sp³-hybridized carbons (Fsp3) is 0.158. The molecule has 0 aliphatic rings. The number of carbonyl (C=O) groups excluding carboxylic acids is 1. The number of hydrazone groups is 1. The van der Waals surface area contributed by atoms with Gasteiger partial charge in [-0.3, -0.25) is 4.79 Å². The first kappa shape index (κ1) is 15.4. The minimum Gasteiger partial charge on any atom is -0.267 e. The summed E-state index contributed by atoms with van der Waals surface area (Å²) in [5.41, 5.74) is 4.13. The molecule has 3 aromatic rings. The SMILES string of the molecule is CCc1ccc(/C(C)=N/NC(=O)c2cccc3ccccc23)s1. The number of nitrogens with zero attached hydrogens (tertiary/aromatic N) is 1. The van der Waals surface area contributed by atoms with E-state index in [4.69, 9.17) is 0 Å². The Bertz CT molecular complexity index is 874. The Morgan fingerprint density at radius 3 is 2.65 bits per heavy atom. The van der Waals surface area contributed by atoms with Crippen LogP contribution in [0.3, 0.4) is 0 Å². The Labute approximate surface area is 139 Å². The lowest BCUT2D eigenvalue weighted by atomic mass is 10.0. The molecule has 23 heavy (non-hydrogen) atoms. The van der Waals surface area contributed by atoms with Crippen molar-refractivity contribution in [2.24, 2.45) is 5.10 Å². The van der Waals surface area contributed by atoms with E-state index in [-0.39, 0.29) is 5.91 Å². The number of rotatable bonds is 4. The van der Waals surface area contributed by atoms with E-state index in [1.807, 2.05) is 55.5 Å². The van der Waals surface area contributed by atoms with Gasteiger partial charge in [0.2, 0.25) is 0 Å². The van der Waals surface area contributed by atoms with Crippen molar-refractivity contribution >= 4 is 33.7 Å². The lowest BCUT2D eigenvalue weighted by molar-refractivity contribution is 0.0956. The van der Waals surface area contributed by atoms with Crippen molar-refractivity contribution in [3.63, 3.8) is 0 Å². The van der Waals surface area contributed by atoms with Gasteiger partial charge in [-0.15, -0.1) is 11.3 Å². The van der Waals surface area contributed by atoms with Gasteiger partial charge in [0.1, 0.15) is 0 Å². The van der Waals surface area contributed by atoms with Crippen molar-refractivity contribution in [3.05, 3.63) is 69.9 Å². The van der Waals surface area contributed by atoms with Gasteiger partial charge in [0.15, 0.2) is 0 Å². The third-order valence-electron chi connectivity index (χ3n) is 3.73. The van der Waals surface area contributed by atoms with Crippen molar-refractivity contribution in [2.75, 3.05) is 0 Å². The van der Waals surface area contributed by atoms with Crippen LogP contribution in [0.1, 0.15) is 34.0 Å². The molecule has 0 fully saturated rings. The van der Waals surface area contributed by atoms with Gasteiger partial charge >= 0.3 is 0 Å². The van der Waals surface area contributed by atoms with Crippen molar-refractivity contribution in [2.45, 2.75) is 20.3 Å². The summed E-state index contributed by atoms with van der Waals surface area (Å²) in [6.07, 6.45) is 1.01. The molecular formula is C19H18N2OS. The maximum atomic E-state index is 12.4. The average molecular weight is 322 g/mol. The van der Waals surface area contributed by atoms with Crippen LogP contribution >= 0.6 is 11.3 Å². The highest BCUT2D eigenvalue weighted by atomic mass is 32.1. The van der Waals surface area contributed by atoms with Crippen molar-refractivity contribution in [3.8, 4) is 0 Å². The quantitative estimate of drug-likeness (QED) is 0.553. The molecule has 3 nitrogen and oxygen atoms in total. The van der Waals surface area contributed by atoms with Crippen LogP contribution in [0.2, 0.25) is 0 Å². The van der Waals surface area contributed by atoms with Gasteiger partial charge in [0.05, 0.1) is 10.6 Å². The molecule has 0 bridgehead atoms. The molecule has 4 heteroatoms. The smallest absolute Gasteiger partial charge is 0.267 e. The topological polar surface area (TPSA) is 41.5 Å². The zero-order chi connectivity index (χ0) is 16.2. The maximum Gasteiger partial charge on any atom is 0.272 e. The number of thiophene rings is 1. The molecule has 0 aliphatic carbocycles. The summed E-state index contributed by atoms with van der Waals surface area (Å²) in [5.74, 6) is -0.187. The van der Waals surface area contributed by atoms with Crippen LogP contribution < -0.4 is 5.43 Å². The minimum atomic E-state index is -0.187. The molecule has 0 unspecified atom stereocenters. The first-order chi connectivity index (χ1) is 11.2. The second kappa shape index (κ2) is 6.75. The lowest BCUT2D eigenvalue weighted by Crippen LogP contribution is -2.19. The Hall–Kier alpha value is -2.46. The highest BCUT2D eigenvalue weighted by molar-refractivity contribution is 7.14. The second-order valence-corrected chi connectivity index (χ2v) is 6.45. The van der Waals surface area contributed by atoms with Crippen molar-refractivity contribution in [1.82, 2.24) is 5.43 Å². The lowest BCUT2D eigenvalue weighted by Gasteiger charge is -2.05. The summed E-state index contributed by atoms with van der Waals surface area (Å²) < 4.78 is 0. The number of hydrogen-bond donors (Lipinski definition) is 1. The van der Waals surface area contributed by atoms with E-state index in [1.165, 1.54) is 4.88 Å². The Morgan fingerprint density at radius 1 is 1.09 bits per heavy atom. The molecule has 3 rings (SSSR count). The summed E-state index contributed by atoms with van der Waals surface area (Å²) in [5, 5.41) is 6.24. The van der Waals surface area contributed by atoms with Gasteiger partial charge in [-0.1, -0.05) is 43.3 Å². The van der Waals surface area contributed by atoms with E-state index in [0.717, 1.165) is 27.8 Å². The van der Waals surface area contributed by atoms with Crippen molar-refractivity contribution < 1.29 is 4.79 Å². The molecule has 2 aromatic carbocycles. The number of hydrogen-bond acceptors (Lipinski definition) is 3. The molecule has 0 radical (unpaired) electrons. The molecular weight excluding hydrogens is 304 g/mol. The van der Waals surface area contributed by atoms with E-state index in [2.05, 4.69) is 23.5 Å². The molecule has 116 valence electrons.